The zero-order chi connectivity index (χ0) is 29.6. The first kappa shape index (κ1) is 30.1. The van der Waals surface area contributed by atoms with Crippen LogP contribution in [0.5, 0.6) is 5.75 Å². The van der Waals surface area contributed by atoms with Gasteiger partial charge in [0.15, 0.2) is 6.23 Å². The smallest absolute Gasteiger partial charge is 0.459 e. The highest BCUT2D eigenvalue weighted by atomic mass is 31.2. The number of nitrogens with two attached hydrogens (primary N) is 1. The van der Waals surface area contributed by atoms with Crippen molar-refractivity contribution in [3.05, 3.63) is 102 Å². The molecule has 0 bridgehead atoms. The minimum absolute atomic E-state index is 0.00532. The molecule has 218 valence electrons. The number of hydrogen-bond acceptors (Lipinski definition) is 11. The summed E-state index contributed by atoms with van der Waals surface area (Å²) >= 11 is 0. The van der Waals surface area contributed by atoms with Crippen LogP contribution in [0.15, 0.2) is 90.4 Å². The van der Waals surface area contributed by atoms with Gasteiger partial charge in [-0.05, 0) is 30.7 Å². The Morgan fingerprint density at radius 1 is 1.22 bits per heavy atom. The Kier molecular flexibility index (Phi) is 9.38. The average molecular weight is 587 g/mol. The number of carbonyl (C=O) groups excluding carboxylic acids is 1. The van der Waals surface area contributed by atoms with E-state index in [1.807, 2.05) is 6.07 Å². The zero-order valence-corrected chi connectivity index (χ0v) is 23.0. The Labute approximate surface area is 235 Å². The van der Waals surface area contributed by atoms with Crippen molar-refractivity contribution in [2.24, 2.45) is 0 Å². The lowest BCUT2D eigenvalue weighted by Crippen LogP contribution is -2.46. The van der Waals surface area contributed by atoms with E-state index in [9.17, 15) is 24.4 Å². The van der Waals surface area contributed by atoms with Crippen LogP contribution < -0.4 is 21.0 Å². The van der Waals surface area contributed by atoms with Crippen LogP contribution in [-0.2, 0) is 30.0 Å². The summed E-state index contributed by atoms with van der Waals surface area (Å²) < 4.78 is 37.4. The number of ether oxygens (including phenoxy) is 2. The van der Waals surface area contributed by atoms with Crippen LogP contribution in [-0.4, -0.2) is 56.2 Å². The fraction of sp³-hybridized carbons (Fsp3) is 0.296. The van der Waals surface area contributed by atoms with Crippen molar-refractivity contribution in [2.45, 2.75) is 43.6 Å². The lowest BCUT2D eigenvalue weighted by molar-refractivity contribution is -0.146. The third-order valence-electron chi connectivity index (χ3n) is 6.29. The third-order valence-corrected chi connectivity index (χ3v) is 7.91. The van der Waals surface area contributed by atoms with Crippen LogP contribution in [0.25, 0.3) is 0 Å². The Balaban J connectivity index is 1.52. The second-order valence-electron chi connectivity index (χ2n) is 9.26. The molecule has 4 rings (SSSR count). The minimum Gasteiger partial charge on any atom is -0.460 e. The van der Waals surface area contributed by atoms with Gasteiger partial charge in [-0.15, -0.1) is 6.58 Å². The summed E-state index contributed by atoms with van der Waals surface area (Å²) in [5.41, 5.74) is 3.62. The van der Waals surface area contributed by atoms with Crippen molar-refractivity contribution in [1.29, 1.82) is 0 Å². The number of hydrogen-bond donors (Lipinski definition) is 4. The molecule has 2 aromatic carbocycles. The molecule has 0 amide bonds. The Hall–Kier alpha value is -3.84. The van der Waals surface area contributed by atoms with Gasteiger partial charge in [-0.2, -0.15) is 10.1 Å². The van der Waals surface area contributed by atoms with Crippen LogP contribution in [0.3, 0.4) is 0 Å². The fourth-order valence-electron chi connectivity index (χ4n) is 4.04. The largest absolute Gasteiger partial charge is 0.460 e. The van der Waals surface area contributed by atoms with Gasteiger partial charge in [0.1, 0.15) is 42.0 Å². The normalized spacial score (nSPS) is 24.2. The molecule has 5 N–H and O–H groups in total. The predicted molar refractivity (Wildman–Crippen MR) is 147 cm³/mol. The molecule has 41 heavy (non-hydrogen) atoms. The Morgan fingerprint density at radius 2 is 1.88 bits per heavy atom. The first-order valence-corrected chi connectivity index (χ1v) is 14.1. The molecule has 0 spiro atoms. The number of anilines is 1. The van der Waals surface area contributed by atoms with Gasteiger partial charge in [-0.3, -0.25) is 13.9 Å². The summed E-state index contributed by atoms with van der Waals surface area (Å²) in [6, 6.07) is 17.2. The molecule has 0 radical (unpaired) electrons. The number of aliphatic hydroxyl groups is 2. The highest BCUT2D eigenvalue weighted by molar-refractivity contribution is 7.52. The average Bonchev–Trinajstić information content (AvgIpc) is 3.21. The predicted octanol–water partition coefficient (Wildman–Crippen LogP) is 1.93. The van der Waals surface area contributed by atoms with Gasteiger partial charge in [0.2, 0.25) is 0 Å². The van der Waals surface area contributed by atoms with E-state index in [1.54, 1.807) is 42.5 Å². The molecule has 6 atom stereocenters. The lowest BCUT2D eigenvalue weighted by atomic mass is 9.96. The molecule has 14 heteroatoms. The van der Waals surface area contributed by atoms with E-state index in [4.69, 9.17) is 24.3 Å². The molecule has 3 aromatic rings. The summed E-state index contributed by atoms with van der Waals surface area (Å²) in [5.74, 6) is -0.610. The number of esters is 1. The van der Waals surface area contributed by atoms with Gasteiger partial charge >= 0.3 is 19.4 Å². The number of benzene rings is 2. The van der Waals surface area contributed by atoms with E-state index in [0.717, 1.165) is 16.2 Å². The fourth-order valence-corrected chi connectivity index (χ4v) is 5.57. The van der Waals surface area contributed by atoms with Gasteiger partial charge in [0.05, 0.1) is 6.61 Å². The quantitative estimate of drug-likeness (QED) is 0.138. The number of aliphatic hydroxyl groups excluding tert-OH is 2. The second kappa shape index (κ2) is 12.8. The van der Waals surface area contributed by atoms with Crippen LogP contribution in [0.4, 0.5) is 5.82 Å². The zero-order valence-electron chi connectivity index (χ0n) is 22.1. The Morgan fingerprint density at radius 3 is 2.51 bits per heavy atom. The molecular weight excluding hydrogens is 555 g/mol. The summed E-state index contributed by atoms with van der Waals surface area (Å²) in [6.45, 7) is 4.42. The third kappa shape index (κ3) is 7.09. The monoisotopic (exact) mass is 586 g/mol. The van der Waals surface area contributed by atoms with Crippen molar-refractivity contribution in [2.75, 3.05) is 12.3 Å². The van der Waals surface area contributed by atoms with Crippen molar-refractivity contribution in [1.82, 2.24) is 14.6 Å². The molecule has 1 aromatic heterocycles. The first-order chi connectivity index (χ1) is 19.6. The van der Waals surface area contributed by atoms with E-state index in [2.05, 4.69) is 16.7 Å². The van der Waals surface area contributed by atoms with E-state index >= 15 is 0 Å². The maximum Gasteiger partial charge on any atom is 0.459 e. The number of aromatic nitrogens is 2. The second-order valence-corrected chi connectivity index (χ2v) is 11.0. The van der Waals surface area contributed by atoms with Crippen molar-refractivity contribution >= 4 is 19.5 Å². The molecule has 0 saturated carbocycles. The van der Waals surface area contributed by atoms with Gasteiger partial charge < -0.3 is 29.9 Å². The van der Waals surface area contributed by atoms with Crippen molar-refractivity contribution < 1.29 is 38.1 Å². The van der Waals surface area contributed by atoms with Crippen molar-refractivity contribution in [3.63, 3.8) is 0 Å². The molecule has 0 aliphatic carbocycles. The van der Waals surface area contributed by atoms with Gasteiger partial charge in [0, 0.05) is 6.20 Å². The van der Waals surface area contributed by atoms with Gasteiger partial charge in [-0.1, -0.05) is 54.6 Å². The van der Waals surface area contributed by atoms with Crippen molar-refractivity contribution in [3.8, 4) is 5.75 Å². The SMILES string of the molecule is C=C[C@]1(COP(=O)(N[C@@H](C)C(=O)OCc2ccccc2)Oc2ccccc2)O[C@@H](n2ccc(N)nc2=O)[C@H](O)[C@@H]1O. The number of nitrogens with one attached hydrogen (secondary N) is 1. The van der Waals surface area contributed by atoms with Gasteiger partial charge in [-0.25, -0.2) is 9.36 Å². The van der Waals surface area contributed by atoms with Gasteiger partial charge in [0.25, 0.3) is 0 Å². The number of para-hydroxylation sites is 1. The highest BCUT2D eigenvalue weighted by Gasteiger charge is 2.55. The summed E-state index contributed by atoms with van der Waals surface area (Å²) in [6.07, 6.45) is -2.30. The molecule has 13 nitrogen and oxygen atoms in total. The highest BCUT2D eigenvalue weighted by Crippen LogP contribution is 2.48. The van der Waals surface area contributed by atoms with E-state index < -0.39 is 56.1 Å². The topological polar surface area (TPSA) is 184 Å². The molecule has 1 saturated heterocycles. The number of carbonyl (C=O) groups is 1. The van der Waals surface area contributed by atoms with E-state index in [-0.39, 0.29) is 18.2 Å². The molecular formula is C27H31N4O9P. The van der Waals surface area contributed by atoms with E-state index in [0.29, 0.717) is 0 Å². The first-order valence-electron chi connectivity index (χ1n) is 12.6. The van der Waals surface area contributed by atoms with E-state index in [1.165, 1.54) is 31.3 Å². The summed E-state index contributed by atoms with van der Waals surface area (Å²) in [7, 11) is -4.38. The molecule has 1 aliphatic rings. The summed E-state index contributed by atoms with van der Waals surface area (Å²) in [5, 5.41) is 24.2. The van der Waals surface area contributed by atoms with Crippen LogP contribution >= 0.6 is 7.75 Å². The standard InChI is InChI=1S/C27H31N4O9P/c1-3-27(23(33)22(32)24(39-27)31-15-14-21(28)29-26(31)35)17-38-41(36,40-20-12-8-5-9-13-20)30-18(2)25(34)37-16-19-10-6-4-7-11-19/h3-15,18,22-24,32-33H,1,16-17H2,2H3,(H,30,36)(H2,28,29,35)/t18-,22+,23-,24+,27+,41?/m0/s1. The maximum absolute atomic E-state index is 13.9. The number of nitrogen functional groups attached to an aromatic ring is 1. The number of rotatable bonds is 12. The minimum atomic E-state index is -4.38. The van der Waals surface area contributed by atoms with Crippen LogP contribution in [0, 0.1) is 0 Å². The molecule has 2 heterocycles. The lowest BCUT2D eigenvalue weighted by Gasteiger charge is -2.31. The maximum atomic E-state index is 13.9. The summed E-state index contributed by atoms with van der Waals surface area (Å²) in [4.78, 5) is 28.7. The van der Waals surface area contributed by atoms with Crippen LogP contribution in [0.2, 0.25) is 0 Å². The molecule has 1 aliphatic heterocycles. The molecule has 1 unspecified atom stereocenters. The van der Waals surface area contributed by atoms with Crippen LogP contribution in [0.1, 0.15) is 18.7 Å². The Bertz CT molecular complexity index is 1460. The molecule has 1 fully saturated rings. The number of nitrogens with zero attached hydrogens (tertiary/aromatic N) is 2.